The van der Waals surface area contributed by atoms with Gasteiger partial charge in [0.15, 0.2) is 0 Å². The molecule has 0 saturated carbocycles. The zero-order chi connectivity index (χ0) is 19.3. The van der Waals surface area contributed by atoms with Gasteiger partial charge in [0, 0.05) is 32.2 Å². The summed E-state index contributed by atoms with van der Waals surface area (Å²) in [4.78, 5) is 38.3. The highest BCUT2D eigenvalue weighted by Gasteiger charge is 2.24. The van der Waals surface area contributed by atoms with Crippen LogP contribution in [-0.4, -0.2) is 66.1 Å². The monoisotopic (exact) mass is 364 g/mol. The van der Waals surface area contributed by atoms with E-state index in [2.05, 4.69) is 5.32 Å². The molecule has 0 aromatic heterocycles. The van der Waals surface area contributed by atoms with Gasteiger partial charge in [-0.15, -0.1) is 0 Å². The van der Waals surface area contributed by atoms with E-state index in [4.69, 9.17) is 4.74 Å². The van der Waals surface area contributed by atoms with Crippen LogP contribution in [0.4, 0.5) is 16.2 Å². The summed E-state index contributed by atoms with van der Waals surface area (Å²) in [6, 6.07) is 3.06. The fourth-order valence-corrected chi connectivity index (χ4v) is 2.80. The van der Waals surface area contributed by atoms with Gasteiger partial charge in [-0.3, -0.25) is 19.8 Å². The fourth-order valence-electron chi connectivity index (χ4n) is 2.80. The summed E-state index contributed by atoms with van der Waals surface area (Å²) < 4.78 is 4.96. The summed E-state index contributed by atoms with van der Waals surface area (Å²) in [7, 11) is 0. The average molecular weight is 364 g/mol. The lowest BCUT2D eigenvalue weighted by atomic mass is 10.1. The Balaban J connectivity index is 1.95. The Morgan fingerprint density at radius 2 is 1.88 bits per heavy atom. The van der Waals surface area contributed by atoms with Gasteiger partial charge in [-0.1, -0.05) is 6.07 Å². The molecule has 26 heavy (non-hydrogen) atoms. The van der Waals surface area contributed by atoms with E-state index in [9.17, 15) is 19.7 Å². The quantitative estimate of drug-likeness (QED) is 0.632. The van der Waals surface area contributed by atoms with Crippen molar-refractivity contribution in [1.82, 2.24) is 9.80 Å². The van der Waals surface area contributed by atoms with E-state index >= 15 is 0 Å². The van der Waals surface area contributed by atoms with Crippen LogP contribution in [0.3, 0.4) is 0 Å². The molecule has 1 heterocycles. The first kappa shape index (κ1) is 19.6. The third kappa shape index (κ3) is 4.69. The molecule has 1 fully saturated rings. The maximum Gasteiger partial charge on any atom is 0.409 e. The molecule has 0 atom stereocenters. The van der Waals surface area contributed by atoms with Crippen LogP contribution in [0, 0.1) is 24.0 Å². The lowest BCUT2D eigenvalue weighted by molar-refractivity contribution is -0.384. The Labute approximate surface area is 152 Å². The molecular weight excluding hydrogens is 340 g/mol. The molecule has 0 aliphatic carbocycles. The van der Waals surface area contributed by atoms with Gasteiger partial charge in [-0.25, -0.2) is 4.79 Å². The summed E-state index contributed by atoms with van der Waals surface area (Å²) in [5, 5.41) is 13.9. The van der Waals surface area contributed by atoms with E-state index in [-0.39, 0.29) is 29.9 Å². The second-order valence-corrected chi connectivity index (χ2v) is 6.17. The minimum Gasteiger partial charge on any atom is -0.450 e. The number of anilines is 1. The number of amides is 2. The van der Waals surface area contributed by atoms with Crippen LogP contribution in [-0.2, 0) is 9.53 Å². The number of nitro benzene ring substituents is 1. The van der Waals surface area contributed by atoms with Crippen molar-refractivity contribution in [2.45, 2.75) is 20.8 Å². The molecule has 1 aliphatic heterocycles. The van der Waals surface area contributed by atoms with Crippen molar-refractivity contribution in [3.63, 3.8) is 0 Å². The Kier molecular flexibility index (Phi) is 6.51. The summed E-state index contributed by atoms with van der Waals surface area (Å²) in [5.74, 6) is -0.314. The van der Waals surface area contributed by atoms with E-state index in [1.807, 2.05) is 11.8 Å². The molecule has 0 unspecified atom stereocenters. The first-order chi connectivity index (χ1) is 12.3. The SMILES string of the molecule is CCOC(=O)N1CCN(CC(=O)Nc2c([N+](=O)[O-])ccc(C)c2C)CC1. The van der Waals surface area contributed by atoms with Crippen LogP contribution in [0.1, 0.15) is 18.1 Å². The van der Waals surface area contributed by atoms with Crippen LogP contribution in [0.15, 0.2) is 12.1 Å². The fraction of sp³-hybridized carbons (Fsp3) is 0.529. The lowest BCUT2D eigenvalue weighted by Crippen LogP contribution is -2.50. The number of carbonyl (C=O) groups excluding carboxylic acids is 2. The number of nitro groups is 1. The van der Waals surface area contributed by atoms with Gasteiger partial charge in [0.05, 0.1) is 18.1 Å². The van der Waals surface area contributed by atoms with Gasteiger partial charge in [0.2, 0.25) is 5.91 Å². The predicted octanol–water partition coefficient (Wildman–Crippen LogP) is 1.92. The maximum absolute atomic E-state index is 12.4. The van der Waals surface area contributed by atoms with Crippen molar-refractivity contribution < 1.29 is 19.2 Å². The van der Waals surface area contributed by atoms with Crippen LogP contribution in [0.25, 0.3) is 0 Å². The number of aryl methyl sites for hydroxylation is 1. The van der Waals surface area contributed by atoms with Crippen LogP contribution in [0.2, 0.25) is 0 Å². The average Bonchev–Trinajstić information content (AvgIpc) is 2.59. The van der Waals surface area contributed by atoms with Gasteiger partial charge >= 0.3 is 6.09 Å². The third-order valence-corrected chi connectivity index (χ3v) is 4.44. The molecule has 1 aliphatic rings. The van der Waals surface area contributed by atoms with Gasteiger partial charge in [-0.05, 0) is 31.9 Å². The summed E-state index contributed by atoms with van der Waals surface area (Å²) in [5.41, 5.74) is 1.67. The lowest BCUT2D eigenvalue weighted by Gasteiger charge is -2.33. The van der Waals surface area contributed by atoms with Gasteiger partial charge in [-0.2, -0.15) is 0 Å². The molecule has 1 N–H and O–H groups in total. The van der Waals surface area contributed by atoms with Gasteiger partial charge < -0.3 is 15.0 Å². The van der Waals surface area contributed by atoms with E-state index in [1.54, 1.807) is 24.8 Å². The topological polar surface area (TPSA) is 105 Å². The highest BCUT2D eigenvalue weighted by Crippen LogP contribution is 2.30. The zero-order valence-corrected chi connectivity index (χ0v) is 15.3. The second kappa shape index (κ2) is 8.61. The molecule has 0 bridgehead atoms. The number of ether oxygens (including phenoxy) is 1. The molecule has 1 aromatic rings. The molecule has 1 aromatic carbocycles. The molecule has 142 valence electrons. The molecule has 2 amide bonds. The van der Waals surface area contributed by atoms with E-state index in [0.717, 1.165) is 5.56 Å². The van der Waals surface area contributed by atoms with Crippen LogP contribution >= 0.6 is 0 Å². The van der Waals surface area contributed by atoms with Gasteiger partial charge in [0.1, 0.15) is 5.69 Å². The highest BCUT2D eigenvalue weighted by atomic mass is 16.6. The van der Waals surface area contributed by atoms with Crippen LogP contribution < -0.4 is 5.32 Å². The number of benzene rings is 1. The summed E-state index contributed by atoms with van der Waals surface area (Å²) in [6.07, 6.45) is -0.345. The largest absolute Gasteiger partial charge is 0.450 e. The molecule has 0 spiro atoms. The molecule has 2 rings (SSSR count). The predicted molar refractivity (Wildman–Crippen MR) is 96.2 cm³/mol. The van der Waals surface area contributed by atoms with Crippen molar-refractivity contribution in [3.05, 3.63) is 33.4 Å². The Morgan fingerprint density at radius 1 is 1.23 bits per heavy atom. The maximum atomic E-state index is 12.4. The molecule has 9 heteroatoms. The Morgan fingerprint density at radius 3 is 2.46 bits per heavy atom. The van der Waals surface area contributed by atoms with Crippen LogP contribution in [0.5, 0.6) is 0 Å². The van der Waals surface area contributed by atoms with Crippen molar-refractivity contribution in [3.8, 4) is 0 Å². The molecule has 9 nitrogen and oxygen atoms in total. The molecular formula is C17H24N4O5. The first-order valence-electron chi connectivity index (χ1n) is 8.52. The number of carbonyl (C=O) groups is 2. The van der Waals surface area contributed by atoms with Gasteiger partial charge in [0.25, 0.3) is 5.69 Å². The first-order valence-corrected chi connectivity index (χ1v) is 8.52. The third-order valence-electron chi connectivity index (χ3n) is 4.44. The van der Waals surface area contributed by atoms with Crippen molar-refractivity contribution in [2.24, 2.45) is 0 Å². The normalized spacial score (nSPS) is 14.8. The number of hydrogen-bond donors (Lipinski definition) is 1. The minimum absolute atomic E-state index is 0.112. The number of rotatable bonds is 5. The number of nitrogens with one attached hydrogen (secondary N) is 1. The molecule has 1 saturated heterocycles. The summed E-state index contributed by atoms with van der Waals surface area (Å²) >= 11 is 0. The molecule has 0 radical (unpaired) electrons. The Hall–Kier alpha value is -2.68. The number of hydrogen-bond acceptors (Lipinski definition) is 6. The Bertz CT molecular complexity index is 699. The minimum atomic E-state index is -0.500. The van der Waals surface area contributed by atoms with E-state index < -0.39 is 4.92 Å². The number of nitrogens with zero attached hydrogens (tertiary/aromatic N) is 3. The zero-order valence-electron chi connectivity index (χ0n) is 15.3. The standard InChI is InChI=1S/C17H24N4O5/c1-4-26-17(23)20-9-7-19(8-10-20)11-15(22)18-16-13(3)12(2)5-6-14(16)21(24)25/h5-6H,4,7-11H2,1-3H3,(H,18,22). The number of piperazine rings is 1. The van der Waals surface area contributed by atoms with E-state index in [0.29, 0.717) is 38.3 Å². The summed E-state index contributed by atoms with van der Waals surface area (Å²) in [6.45, 7) is 7.83. The smallest absolute Gasteiger partial charge is 0.409 e. The van der Waals surface area contributed by atoms with E-state index in [1.165, 1.54) is 6.07 Å². The highest BCUT2D eigenvalue weighted by molar-refractivity contribution is 5.95. The second-order valence-electron chi connectivity index (χ2n) is 6.17. The van der Waals surface area contributed by atoms with Crippen molar-refractivity contribution >= 4 is 23.4 Å². The van der Waals surface area contributed by atoms with Crippen molar-refractivity contribution in [2.75, 3.05) is 44.6 Å². The van der Waals surface area contributed by atoms with Crippen molar-refractivity contribution in [1.29, 1.82) is 0 Å².